The fraction of sp³-hybridized carbons (Fsp3) is 0.471. The number of aliphatic carboxylic acids is 2. The highest BCUT2D eigenvalue weighted by molar-refractivity contribution is 5.86. The number of nitrogens with one attached hydrogen (secondary N) is 1. The van der Waals surface area contributed by atoms with Crippen LogP contribution in [0.25, 0.3) is 0 Å². The number of fused-ring (bicyclic) bond motifs is 1. The predicted molar refractivity (Wildman–Crippen MR) is 83.2 cm³/mol. The standard InChI is InChI=1S/C17H21NO5/c19-15(18-14(17(22)23)10-16(20)21)6-1-3-11-7-8-12-4-2-5-13(12)9-11/h7-9,14H,1-6,10H2,(H,18,19)(H,20,21)(H,22,23). The molecular weight excluding hydrogens is 298 g/mol. The first kappa shape index (κ1) is 17.0. The van der Waals surface area contributed by atoms with E-state index in [2.05, 4.69) is 23.5 Å². The van der Waals surface area contributed by atoms with Gasteiger partial charge in [0.15, 0.2) is 0 Å². The van der Waals surface area contributed by atoms with Crippen molar-refractivity contribution in [1.29, 1.82) is 0 Å². The number of carbonyl (C=O) groups is 3. The van der Waals surface area contributed by atoms with Gasteiger partial charge in [0.2, 0.25) is 5.91 Å². The van der Waals surface area contributed by atoms with Crippen molar-refractivity contribution in [2.45, 2.75) is 51.0 Å². The Morgan fingerprint density at radius 3 is 2.57 bits per heavy atom. The van der Waals surface area contributed by atoms with E-state index in [-0.39, 0.29) is 6.42 Å². The maximum Gasteiger partial charge on any atom is 0.326 e. The number of rotatable bonds is 8. The van der Waals surface area contributed by atoms with Crippen LogP contribution >= 0.6 is 0 Å². The Morgan fingerprint density at radius 2 is 1.87 bits per heavy atom. The van der Waals surface area contributed by atoms with Crippen LogP contribution in [0.3, 0.4) is 0 Å². The normalized spacial score (nSPS) is 14.1. The lowest BCUT2D eigenvalue weighted by Gasteiger charge is -2.12. The van der Waals surface area contributed by atoms with E-state index in [1.165, 1.54) is 23.1 Å². The molecule has 1 amide bonds. The number of hydrogen-bond acceptors (Lipinski definition) is 3. The van der Waals surface area contributed by atoms with Gasteiger partial charge in [0.1, 0.15) is 6.04 Å². The summed E-state index contributed by atoms with van der Waals surface area (Å²) in [6.45, 7) is 0. The number of hydrogen-bond donors (Lipinski definition) is 3. The fourth-order valence-electron chi connectivity index (χ4n) is 2.87. The molecule has 1 aliphatic carbocycles. The second-order valence-electron chi connectivity index (χ2n) is 5.87. The Balaban J connectivity index is 1.78. The fourth-order valence-corrected chi connectivity index (χ4v) is 2.87. The van der Waals surface area contributed by atoms with Crippen LogP contribution in [0.1, 0.15) is 42.4 Å². The van der Waals surface area contributed by atoms with E-state index in [1.54, 1.807) is 0 Å². The lowest BCUT2D eigenvalue weighted by Crippen LogP contribution is -2.42. The molecule has 0 aromatic heterocycles. The lowest BCUT2D eigenvalue weighted by atomic mass is 10.0. The third-order valence-corrected chi connectivity index (χ3v) is 4.04. The van der Waals surface area contributed by atoms with E-state index in [9.17, 15) is 14.4 Å². The zero-order valence-electron chi connectivity index (χ0n) is 12.9. The summed E-state index contributed by atoms with van der Waals surface area (Å²) < 4.78 is 0. The highest BCUT2D eigenvalue weighted by Crippen LogP contribution is 2.23. The highest BCUT2D eigenvalue weighted by atomic mass is 16.4. The van der Waals surface area contributed by atoms with Gasteiger partial charge in [0.25, 0.3) is 0 Å². The van der Waals surface area contributed by atoms with Crippen molar-refractivity contribution in [1.82, 2.24) is 5.32 Å². The van der Waals surface area contributed by atoms with Gasteiger partial charge < -0.3 is 15.5 Å². The van der Waals surface area contributed by atoms with E-state index >= 15 is 0 Å². The Kier molecular flexibility index (Phi) is 5.73. The van der Waals surface area contributed by atoms with Crippen molar-refractivity contribution >= 4 is 17.8 Å². The minimum atomic E-state index is -1.38. The van der Waals surface area contributed by atoms with Crippen molar-refractivity contribution in [3.05, 3.63) is 34.9 Å². The van der Waals surface area contributed by atoms with Crippen LogP contribution in [0.5, 0.6) is 0 Å². The first-order chi connectivity index (χ1) is 11.0. The van der Waals surface area contributed by atoms with Crippen LogP contribution in [0.4, 0.5) is 0 Å². The summed E-state index contributed by atoms with van der Waals surface area (Å²) in [6.07, 6.45) is 4.35. The summed E-state index contributed by atoms with van der Waals surface area (Å²) in [6, 6.07) is 5.03. The third-order valence-electron chi connectivity index (χ3n) is 4.04. The van der Waals surface area contributed by atoms with Gasteiger partial charge >= 0.3 is 11.9 Å². The molecule has 0 aliphatic heterocycles. The SMILES string of the molecule is O=C(O)CC(NC(=O)CCCc1ccc2c(c1)CCC2)C(=O)O. The molecule has 6 nitrogen and oxygen atoms in total. The van der Waals surface area contributed by atoms with E-state index in [0.29, 0.717) is 6.42 Å². The molecule has 124 valence electrons. The average molecular weight is 319 g/mol. The number of aryl methyl sites for hydroxylation is 3. The van der Waals surface area contributed by atoms with E-state index in [4.69, 9.17) is 10.2 Å². The largest absolute Gasteiger partial charge is 0.481 e. The molecule has 0 spiro atoms. The first-order valence-electron chi connectivity index (χ1n) is 7.80. The maximum atomic E-state index is 11.7. The summed E-state index contributed by atoms with van der Waals surface area (Å²) in [4.78, 5) is 33.2. The Morgan fingerprint density at radius 1 is 1.13 bits per heavy atom. The smallest absolute Gasteiger partial charge is 0.326 e. The molecule has 2 rings (SSSR count). The van der Waals surface area contributed by atoms with Crippen LogP contribution in [0.2, 0.25) is 0 Å². The van der Waals surface area contributed by atoms with Gasteiger partial charge in [-0.25, -0.2) is 4.79 Å². The van der Waals surface area contributed by atoms with Crippen molar-refractivity contribution in [2.75, 3.05) is 0 Å². The third kappa shape index (κ3) is 5.09. The Labute approximate surface area is 134 Å². The molecule has 1 aromatic rings. The summed E-state index contributed by atoms with van der Waals surface area (Å²) in [5, 5.41) is 19.8. The highest BCUT2D eigenvalue weighted by Gasteiger charge is 2.22. The molecule has 1 aliphatic rings. The van der Waals surface area contributed by atoms with Crippen molar-refractivity contribution < 1.29 is 24.6 Å². The van der Waals surface area contributed by atoms with Crippen LogP contribution in [-0.2, 0) is 33.6 Å². The van der Waals surface area contributed by atoms with Crippen molar-refractivity contribution in [3.8, 4) is 0 Å². The molecule has 1 atom stereocenters. The molecule has 23 heavy (non-hydrogen) atoms. The summed E-state index contributed by atoms with van der Waals surface area (Å²) in [5.41, 5.74) is 3.97. The molecule has 0 saturated carbocycles. The van der Waals surface area contributed by atoms with Gasteiger partial charge in [-0.2, -0.15) is 0 Å². The minimum Gasteiger partial charge on any atom is -0.481 e. The quantitative estimate of drug-likeness (QED) is 0.674. The molecule has 0 saturated heterocycles. The number of carboxylic acids is 2. The zero-order valence-corrected chi connectivity index (χ0v) is 12.9. The second kappa shape index (κ2) is 7.76. The number of amides is 1. The molecular formula is C17H21NO5. The molecule has 1 unspecified atom stereocenters. The van der Waals surface area contributed by atoms with Crippen LogP contribution < -0.4 is 5.32 Å². The van der Waals surface area contributed by atoms with Gasteiger partial charge in [-0.15, -0.1) is 0 Å². The predicted octanol–water partition coefficient (Wildman–Crippen LogP) is 1.54. The number of benzene rings is 1. The monoisotopic (exact) mass is 319 g/mol. The topological polar surface area (TPSA) is 104 Å². The molecule has 0 heterocycles. The minimum absolute atomic E-state index is 0.181. The van der Waals surface area contributed by atoms with Gasteiger partial charge in [-0.05, 0) is 48.8 Å². The van der Waals surface area contributed by atoms with E-state index in [0.717, 1.165) is 19.3 Å². The van der Waals surface area contributed by atoms with Crippen LogP contribution in [-0.4, -0.2) is 34.1 Å². The Hall–Kier alpha value is -2.37. The summed E-state index contributed by atoms with van der Waals surface area (Å²) in [5.74, 6) is -3.02. The van der Waals surface area contributed by atoms with Gasteiger partial charge in [0.05, 0.1) is 6.42 Å². The van der Waals surface area contributed by atoms with E-state index < -0.39 is 30.3 Å². The number of carbonyl (C=O) groups excluding carboxylic acids is 1. The molecule has 1 aromatic carbocycles. The molecule has 3 N–H and O–H groups in total. The maximum absolute atomic E-state index is 11.7. The average Bonchev–Trinajstić information content (AvgIpc) is 2.93. The Bertz CT molecular complexity index is 611. The van der Waals surface area contributed by atoms with Gasteiger partial charge in [-0.3, -0.25) is 9.59 Å². The van der Waals surface area contributed by atoms with Crippen LogP contribution in [0, 0.1) is 0 Å². The molecule has 0 fully saturated rings. The summed E-state index contributed by atoms with van der Waals surface area (Å²) in [7, 11) is 0. The lowest BCUT2D eigenvalue weighted by molar-refractivity contribution is -0.147. The van der Waals surface area contributed by atoms with Crippen molar-refractivity contribution in [3.63, 3.8) is 0 Å². The molecule has 0 bridgehead atoms. The first-order valence-corrected chi connectivity index (χ1v) is 7.80. The number of carboxylic acid groups (broad SMARTS) is 2. The summed E-state index contributed by atoms with van der Waals surface area (Å²) >= 11 is 0. The molecule has 0 radical (unpaired) electrons. The van der Waals surface area contributed by atoms with Gasteiger partial charge in [0, 0.05) is 6.42 Å². The van der Waals surface area contributed by atoms with Crippen molar-refractivity contribution in [2.24, 2.45) is 0 Å². The van der Waals surface area contributed by atoms with Gasteiger partial charge in [-0.1, -0.05) is 18.2 Å². The molecule has 6 heteroatoms. The second-order valence-corrected chi connectivity index (χ2v) is 5.87. The van der Waals surface area contributed by atoms with E-state index in [1.807, 2.05) is 0 Å². The van der Waals surface area contributed by atoms with Crippen LogP contribution in [0.15, 0.2) is 18.2 Å². The zero-order chi connectivity index (χ0) is 16.8.